The third-order valence-corrected chi connectivity index (χ3v) is 1.66. The molecule has 0 N–H and O–H groups in total. The van der Waals surface area contributed by atoms with Gasteiger partial charge >= 0.3 is 20.4 Å². The molecule has 0 rings (SSSR count). The van der Waals surface area contributed by atoms with Gasteiger partial charge in [-0.2, -0.15) is 5.05 Å². The average Bonchev–Trinajstić information content (AvgIpc) is 1.69. The monoisotopic (exact) mass is 188 g/mol. The molecular formula is C6H13BrMg. The highest BCUT2D eigenvalue weighted by Crippen LogP contribution is 1.85. The summed E-state index contributed by atoms with van der Waals surface area (Å²) in [7, 11) is 0. The first kappa shape index (κ1) is 11.7. The van der Waals surface area contributed by atoms with Gasteiger partial charge in [-0.05, 0) is 6.42 Å². The number of halogens is 1. The van der Waals surface area contributed by atoms with E-state index in [1.807, 2.05) is 0 Å². The maximum Gasteiger partial charge on any atom is 0.392 e. The summed E-state index contributed by atoms with van der Waals surface area (Å²) in [5.41, 5.74) is 0. The quantitative estimate of drug-likeness (QED) is 0.599. The Balaban J connectivity index is 0. The number of allylic oxidation sites excluding steroid dienone is 1. The van der Waals surface area contributed by atoms with Gasteiger partial charge in [0, 0.05) is 0 Å². The second-order valence-corrected chi connectivity index (χ2v) is 2.96. The van der Waals surface area contributed by atoms with Crippen LogP contribution in [0.15, 0.2) is 10.3 Å². The van der Waals surface area contributed by atoms with E-state index in [1.54, 1.807) is 0 Å². The summed E-state index contributed by atoms with van der Waals surface area (Å²) in [5, 5.41) is 2.30. The largest absolute Gasteiger partial charge is 0.392 e. The first-order valence-electron chi connectivity index (χ1n) is 3.06. The van der Waals surface area contributed by atoms with Crippen molar-refractivity contribution in [3.63, 3.8) is 0 Å². The van der Waals surface area contributed by atoms with Crippen LogP contribution in [0.25, 0.3) is 0 Å². The van der Waals surface area contributed by atoms with Crippen molar-refractivity contribution in [2.75, 3.05) is 0 Å². The molecule has 0 heterocycles. The molecule has 0 aromatic carbocycles. The summed E-state index contributed by atoms with van der Waals surface area (Å²) < 4.78 is 2.35. The van der Waals surface area contributed by atoms with E-state index in [1.165, 1.54) is 12.8 Å². The van der Waals surface area contributed by atoms with Crippen LogP contribution < -0.4 is 0 Å². The molecule has 0 aromatic rings. The van der Waals surface area contributed by atoms with Crippen molar-refractivity contribution in [3.05, 3.63) is 10.3 Å². The van der Waals surface area contributed by atoms with Crippen LogP contribution in [0, 0.1) is 0 Å². The van der Waals surface area contributed by atoms with Crippen molar-refractivity contribution in [2.45, 2.75) is 24.8 Å². The van der Waals surface area contributed by atoms with Gasteiger partial charge in [-0.3, -0.25) is 0 Å². The van der Waals surface area contributed by atoms with E-state index in [4.69, 9.17) is 0 Å². The maximum atomic E-state index is 2.35. The Bertz CT molecular complexity index is 52.5. The number of unbranched alkanes of at least 4 members (excludes halogenated alkanes) is 1. The fourth-order valence-electron chi connectivity index (χ4n) is 0.451. The Kier molecular flexibility index (Phi) is 16.0. The molecule has 0 spiro atoms. The first-order valence-corrected chi connectivity index (χ1v) is 5.29. The number of hydrogen-bond acceptors (Lipinski definition) is 0. The van der Waals surface area contributed by atoms with Gasteiger partial charge in [0.05, 0.1) is 0 Å². The van der Waals surface area contributed by atoms with Gasteiger partial charge in [-0.15, -0.1) is 23.1 Å². The minimum absolute atomic E-state index is 0. The third-order valence-electron chi connectivity index (χ3n) is 0.858. The van der Waals surface area contributed by atoms with Gasteiger partial charge in [0.1, 0.15) is 0 Å². The zero-order valence-electron chi connectivity index (χ0n) is 5.68. The van der Waals surface area contributed by atoms with E-state index in [-0.39, 0.29) is 37.3 Å². The molecule has 46 valence electrons. The molecule has 0 atom stereocenters. The molecule has 0 saturated carbocycles. The molecule has 8 heavy (non-hydrogen) atoms. The van der Waals surface area contributed by atoms with Gasteiger partial charge in [0.25, 0.3) is 0 Å². The van der Waals surface area contributed by atoms with Crippen molar-refractivity contribution in [1.29, 1.82) is 0 Å². The van der Waals surface area contributed by atoms with Gasteiger partial charge < -0.3 is 0 Å². The Morgan fingerprint density at radius 1 is 1.50 bits per heavy atom. The molecule has 0 unspecified atom stereocenters. The second kappa shape index (κ2) is 10.9. The summed E-state index contributed by atoms with van der Waals surface area (Å²) in [6.07, 6.45) is 4.87. The Labute approximate surface area is 72.2 Å². The van der Waals surface area contributed by atoms with Crippen LogP contribution in [0.2, 0.25) is 5.05 Å². The lowest BCUT2D eigenvalue weighted by atomic mass is 10.3. The van der Waals surface area contributed by atoms with Gasteiger partial charge in [-0.25, -0.2) is 4.21 Å². The van der Waals surface area contributed by atoms with E-state index in [9.17, 15) is 0 Å². The van der Waals surface area contributed by atoms with Crippen LogP contribution in [0.1, 0.15) is 19.8 Å². The van der Waals surface area contributed by atoms with Crippen LogP contribution in [-0.2, 0) is 0 Å². The van der Waals surface area contributed by atoms with E-state index in [0.29, 0.717) is 0 Å². The normalized spacial score (nSPS) is 8.25. The molecule has 0 nitrogen and oxygen atoms in total. The molecule has 0 aliphatic carbocycles. The summed E-state index contributed by atoms with van der Waals surface area (Å²) in [5.74, 6) is 0. The van der Waals surface area contributed by atoms with Crippen LogP contribution in [-0.4, -0.2) is 20.4 Å². The molecular weight excluding hydrogens is 176 g/mol. The molecule has 0 radical (unpaired) electrons. The van der Waals surface area contributed by atoms with Gasteiger partial charge in [-0.1, -0.05) is 13.3 Å². The van der Waals surface area contributed by atoms with Crippen molar-refractivity contribution < 1.29 is 0 Å². The summed E-state index contributed by atoms with van der Waals surface area (Å²) in [4.78, 5) is 0. The summed E-state index contributed by atoms with van der Waals surface area (Å²) >= 11 is 0.213. The molecule has 0 fully saturated rings. The van der Waals surface area contributed by atoms with Gasteiger partial charge in [0.2, 0.25) is 0 Å². The third kappa shape index (κ3) is 10.1. The zero-order valence-corrected chi connectivity index (χ0v) is 8.81. The molecule has 0 aliphatic heterocycles. The predicted octanol–water partition coefficient (Wildman–Crippen LogP) is 2.63. The van der Waals surface area contributed by atoms with Crippen molar-refractivity contribution in [2.24, 2.45) is 0 Å². The summed E-state index contributed by atoms with van der Waals surface area (Å²) in [6.45, 7) is 2.21. The van der Waals surface area contributed by atoms with E-state index >= 15 is 0 Å². The lowest BCUT2D eigenvalue weighted by Gasteiger charge is -1.79. The lowest BCUT2D eigenvalue weighted by molar-refractivity contribution is 0.960. The van der Waals surface area contributed by atoms with Crippen LogP contribution in [0.4, 0.5) is 0 Å². The summed E-state index contributed by atoms with van der Waals surface area (Å²) in [6, 6.07) is 0. The zero-order chi connectivity index (χ0) is 5.54. The van der Waals surface area contributed by atoms with E-state index < -0.39 is 0 Å². The standard InChI is InChI=1S/C5H9.CH3.BrH.Mg/c1-3-5-4-2;;;/h1,3H,4-5H2,2H3;1H3;1H;. The SMILES string of the molecule is Br.CCCC=[CH][Mg][CH3]. The van der Waals surface area contributed by atoms with Crippen molar-refractivity contribution >= 4 is 37.3 Å². The average molecular weight is 189 g/mol. The maximum absolute atomic E-state index is 2.35. The van der Waals surface area contributed by atoms with Crippen LogP contribution in [0.3, 0.4) is 0 Å². The van der Waals surface area contributed by atoms with Crippen molar-refractivity contribution in [3.8, 4) is 0 Å². The number of hydrogen-bond donors (Lipinski definition) is 0. The van der Waals surface area contributed by atoms with Crippen LogP contribution >= 0.6 is 17.0 Å². The molecule has 0 aliphatic rings. The molecule has 0 aromatic heterocycles. The highest BCUT2D eigenvalue weighted by molar-refractivity contribution is 8.93. The Hall–Kier alpha value is 0.986. The highest BCUT2D eigenvalue weighted by atomic mass is 79.9. The Morgan fingerprint density at radius 2 is 2.12 bits per heavy atom. The second-order valence-electron chi connectivity index (χ2n) is 1.67. The molecule has 0 bridgehead atoms. The number of rotatable bonds is 3. The molecule has 0 amide bonds. The molecule has 0 saturated heterocycles. The van der Waals surface area contributed by atoms with E-state index in [2.05, 4.69) is 22.3 Å². The minimum Gasteiger partial charge on any atom is -0.211 e. The fourth-order valence-corrected chi connectivity index (χ4v) is 1.02. The van der Waals surface area contributed by atoms with E-state index in [0.717, 1.165) is 0 Å². The first-order chi connectivity index (χ1) is 3.41. The highest BCUT2D eigenvalue weighted by Gasteiger charge is 1.72. The fraction of sp³-hybridized carbons (Fsp3) is 0.667. The minimum atomic E-state index is 0. The van der Waals surface area contributed by atoms with Gasteiger partial charge in [0.15, 0.2) is 0 Å². The smallest absolute Gasteiger partial charge is 0.211 e. The lowest BCUT2D eigenvalue weighted by Crippen LogP contribution is -1.69. The van der Waals surface area contributed by atoms with Crippen molar-refractivity contribution in [1.82, 2.24) is 0 Å². The predicted molar refractivity (Wildman–Crippen MR) is 46.0 cm³/mol. The Morgan fingerprint density at radius 3 is 2.50 bits per heavy atom. The molecule has 2 heteroatoms. The van der Waals surface area contributed by atoms with Crippen LogP contribution in [0.5, 0.6) is 0 Å². The topological polar surface area (TPSA) is 0 Å².